The maximum atomic E-state index is 12.8. The molecule has 2 heterocycles. The number of aromatic nitrogens is 3. The van der Waals surface area contributed by atoms with Gasteiger partial charge in [0.05, 0.1) is 46.0 Å². The first kappa shape index (κ1) is 20.2. The number of ether oxygens (including phenoxy) is 1. The Hall–Kier alpha value is -3.13. The van der Waals surface area contributed by atoms with Crippen LogP contribution in [0.25, 0.3) is 16.6 Å². The maximum Gasteiger partial charge on any atom is 0.273 e. The van der Waals surface area contributed by atoms with Gasteiger partial charge in [-0.05, 0) is 36.4 Å². The van der Waals surface area contributed by atoms with Crippen LogP contribution in [-0.4, -0.2) is 27.8 Å². The molecule has 0 aliphatic rings. The summed E-state index contributed by atoms with van der Waals surface area (Å²) in [5, 5.41) is 6.37. The molecule has 30 heavy (non-hydrogen) atoms. The first-order valence-electron chi connectivity index (χ1n) is 9.00. The van der Waals surface area contributed by atoms with Gasteiger partial charge in [0, 0.05) is 23.7 Å². The number of hydrogen-bond donors (Lipinski definition) is 2. The molecule has 0 spiro atoms. The number of carbonyl (C=O) groups excluding carboxylic acids is 1. The molecule has 2 N–H and O–H groups in total. The van der Waals surface area contributed by atoms with Gasteiger partial charge in [-0.1, -0.05) is 35.3 Å². The lowest BCUT2D eigenvalue weighted by Gasteiger charge is -2.12. The molecule has 2 aromatic heterocycles. The smallest absolute Gasteiger partial charge is 0.273 e. The van der Waals surface area contributed by atoms with Crippen molar-refractivity contribution in [2.45, 2.75) is 6.61 Å². The summed E-state index contributed by atoms with van der Waals surface area (Å²) >= 11 is 12.2. The summed E-state index contributed by atoms with van der Waals surface area (Å²) in [6.45, 7) is 0.187. The monoisotopic (exact) mass is 441 g/mol. The van der Waals surface area contributed by atoms with Crippen molar-refractivity contribution in [3.63, 3.8) is 0 Å². The molecular formula is C21H17Cl2N5O2. The molecule has 0 radical (unpaired) electrons. The molecule has 4 aromatic rings. The van der Waals surface area contributed by atoms with Crippen LogP contribution in [0.2, 0.25) is 10.0 Å². The zero-order valence-electron chi connectivity index (χ0n) is 15.9. The van der Waals surface area contributed by atoms with Crippen molar-refractivity contribution in [3.05, 3.63) is 82.2 Å². The lowest BCUT2D eigenvalue weighted by Crippen LogP contribution is -2.30. The number of hydrogen-bond acceptors (Lipinski definition) is 5. The Morgan fingerprint density at radius 1 is 1.17 bits per heavy atom. The number of nitrogens with one attached hydrogen (secondary N) is 2. The number of anilines is 1. The van der Waals surface area contributed by atoms with Crippen LogP contribution in [0, 0.1) is 0 Å². The summed E-state index contributed by atoms with van der Waals surface area (Å²) in [5.74, 6) is -0.366. The van der Waals surface area contributed by atoms with Crippen molar-refractivity contribution >= 4 is 45.7 Å². The number of para-hydroxylation sites is 1. The van der Waals surface area contributed by atoms with Crippen LogP contribution in [0.1, 0.15) is 16.1 Å². The van der Waals surface area contributed by atoms with Gasteiger partial charge in [-0.3, -0.25) is 20.6 Å². The average Bonchev–Trinajstić information content (AvgIpc) is 3.16. The van der Waals surface area contributed by atoms with E-state index in [1.54, 1.807) is 42.3 Å². The molecule has 4 rings (SSSR count). The molecule has 0 atom stereocenters. The number of hydrazine groups is 1. The Labute approximate surface area is 182 Å². The number of pyridine rings is 1. The van der Waals surface area contributed by atoms with Gasteiger partial charge in [-0.15, -0.1) is 0 Å². The third kappa shape index (κ3) is 3.95. The topological polar surface area (TPSA) is 81.1 Å². The number of rotatable bonds is 6. The molecule has 152 valence electrons. The van der Waals surface area contributed by atoms with Crippen LogP contribution in [0.4, 0.5) is 5.69 Å². The van der Waals surface area contributed by atoms with Crippen LogP contribution in [-0.2, 0) is 11.3 Å². The first-order chi connectivity index (χ1) is 14.6. The maximum absolute atomic E-state index is 12.8. The second-order valence-electron chi connectivity index (χ2n) is 6.40. The van der Waals surface area contributed by atoms with Crippen LogP contribution in [0.15, 0.2) is 60.9 Å². The normalized spacial score (nSPS) is 10.9. The van der Waals surface area contributed by atoms with E-state index in [1.165, 1.54) is 6.20 Å². The highest BCUT2D eigenvalue weighted by atomic mass is 35.5. The molecule has 0 aliphatic heterocycles. The number of amides is 1. The van der Waals surface area contributed by atoms with Crippen molar-refractivity contribution in [2.75, 3.05) is 12.5 Å². The molecule has 0 saturated carbocycles. The Kier molecular flexibility index (Phi) is 5.85. The van der Waals surface area contributed by atoms with Crippen LogP contribution >= 0.6 is 23.2 Å². The summed E-state index contributed by atoms with van der Waals surface area (Å²) in [6.07, 6.45) is 3.17. The highest BCUT2D eigenvalue weighted by Crippen LogP contribution is 2.26. The van der Waals surface area contributed by atoms with E-state index in [0.717, 1.165) is 16.6 Å². The van der Waals surface area contributed by atoms with Gasteiger partial charge in [0.2, 0.25) is 0 Å². The van der Waals surface area contributed by atoms with E-state index in [0.29, 0.717) is 27.0 Å². The van der Waals surface area contributed by atoms with Gasteiger partial charge < -0.3 is 4.74 Å². The summed E-state index contributed by atoms with van der Waals surface area (Å²) in [4.78, 5) is 17.2. The van der Waals surface area contributed by atoms with E-state index in [9.17, 15) is 4.79 Å². The molecule has 2 aromatic carbocycles. The van der Waals surface area contributed by atoms with Crippen molar-refractivity contribution in [2.24, 2.45) is 0 Å². The van der Waals surface area contributed by atoms with Gasteiger partial charge in [-0.2, -0.15) is 5.10 Å². The van der Waals surface area contributed by atoms with E-state index >= 15 is 0 Å². The highest BCUT2D eigenvalue weighted by Gasteiger charge is 2.20. The second-order valence-corrected chi connectivity index (χ2v) is 7.24. The minimum absolute atomic E-state index is 0.187. The fourth-order valence-corrected chi connectivity index (χ4v) is 3.44. The SMILES string of the molecule is COCc1c(C(=O)NNc2ccccc2Cl)cnn1-c1ccnc2cc(Cl)ccc12. The fraction of sp³-hybridized carbons (Fsp3) is 0.0952. The molecular weight excluding hydrogens is 425 g/mol. The molecule has 0 aliphatic carbocycles. The minimum Gasteiger partial charge on any atom is -0.378 e. The van der Waals surface area contributed by atoms with Crippen molar-refractivity contribution in [1.29, 1.82) is 0 Å². The molecule has 7 nitrogen and oxygen atoms in total. The molecule has 0 unspecified atom stereocenters. The number of carbonyl (C=O) groups is 1. The van der Waals surface area contributed by atoms with Crippen LogP contribution in [0.3, 0.4) is 0 Å². The Bertz CT molecular complexity index is 1230. The largest absolute Gasteiger partial charge is 0.378 e. The number of halogens is 2. The molecule has 0 bridgehead atoms. The first-order valence-corrected chi connectivity index (χ1v) is 9.75. The number of benzene rings is 2. The van der Waals surface area contributed by atoms with Gasteiger partial charge in [0.25, 0.3) is 5.91 Å². The third-order valence-electron chi connectivity index (χ3n) is 4.49. The Morgan fingerprint density at radius 2 is 2.00 bits per heavy atom. The number of fused-ring (bicyclic) bond motifs is 1. The zero-order chi connectivity index (χ0) is 21.1. The zero-order valence-corrected chi connectivity index (χ0v) is 17.4. The second kappa shape index (κ2) is 8.71. The molecule has 1 amide bonds. The average molecular weight is 442 g/mol. The predicted molar refractivity (Wildman–Crippen MR) is 117 cm³/mol. The van der Waals surface area contributed by atoms with Gasteiger partial charge in [-0.25, -0.2) is 4.68 Å². The van der Waals surface area contributed by atoms with Crippen molar-refractivity contribution in [1.82, 2.24) is 20.2 Å². The van der Waals surface area contributed by atoms with Crippen LogP contribution < -0.4 is 10.9 Å². The summed E-state index contributed by atoms with van der Waals surface area (Å²) in [7, 11) is 1.56. The number of methoxy groups -OCH3 is 1. The van der Waals surface area contributed by atoms with Crippen molar-refractivity contribution in [3.8, 4) is 5.69 Å². The molecule has 0 fully saturated rings. The van der Waals surface area contributed by atoms with E-state index in [1.807, 2.05) is 24.3 Å². The summed E-state index contributed by atoms with van der Waals surface area (Å²) in [5.41, 5.74) is 8.53. The molecule has 9 heteroatoms. The third-order valence-corrected chi connectivity index (χ3v) is 5.05. The van der Waals surface area contributed by atoms with Gasteiger partial charge in [0.1, 0.15) is 0 Å². The van der Waals surface area contributed by atoms with Gasteiger partial charge >= 0.3 is 0 Å². The van der Waals surface area contributed by atoms with E-state index in [2.05, 4.69) is 20.9 Å². The van der Waals surface area contributed by atoms with E-state index in [4.69, 9.17) is 27.9 Å². The van der Waals surface area contributed by atoms with Gasteiger partial charge in [0.15, 0.2) is 0 Å². The van der Waals surface area contributed by atoms with E-state index in [-0.39, 0.29) is 12.5 Å². The standard InChI is InChI=1S/C21H17Cl2N5O2/c1-30-12-20-15(21(29)27-26-17-5-3-2-4-16(17)23)11-25-28(20)19-8-9-24-18-10-13(22)6-7-14(18)19/h2-11,26H,12H2,1H3,(H,27,29). The predicted octanol–water partition coefficient (Wildman–Crippen LogP) is 4.63. The number of nitrogens with zero attached hydrogens (tertiary/aromatic N) is 3. The lowest BCUT2D eigenvalue weighted by molar-refractivity contribution is 0.0957. The minimum atomic E-state index is -0.366. The summed E-state index contributed by atoms with van der Waals surface area (Å²) < 4.78 is 7.01. The fourth-order valence-electron chi connectivity index (χ4n) is 3.09. The molecule has 0 saturated heterocycles. The van der Waals surface area contributed by atoms with Crippen LogP contribution in [0.5, 0.6) is 0 Å². The Morgan fingerprint density at radius 3 is 2.80 bits per heavy atom. The summed E-state index contributed by atoms with van der Waals surface area (Å²) in [6, 6.07) is 14.4. The van der Waals surface area contributed by atoms with Crippen molar-refractivity contribution < 1.29 is 9.53 Å². The lowest BCUT2D eigenvalue weighted by atomic mass is 10.1. The quantitative estimate of drug-likeness (QED) is 0.426. The van der Waals surface area contributed by atoms with E-state index < -0.39 is 0 Å². The highest BCUT2D eigenvalue weighted by molar-refractivity contribution is 6.33. The Balaban J connectivity index is 1.69.